The topological polar surface area (TPSA) is 38.0 Å². The van der Waals surface area contributed by atoms with Crippen molar-refractivity contribution in [2.45, 2.75) is 12.3 Å². The second-order valence-corrected chi connectivity index (χ2v) is 6.43. The number of nitrogens with zero attached hydrogens (tertiary/aromatic N) is 2. The quantitative estimate of drug-likeness (QED) is 0.652. The molecule has 1 atom stereocenters. The molecule has 4 heteroatoms. The van der Waals surface area contributed by atoms with Crippen LogP contribution in [0.2, 0.25) is 0 Å². The Kier molecular flexibility index (Phi) is 4.42. The lowest BCUT2D eigenvalue weighted by molar-refractivity contribution is 0.328. The highest BCUT2D eigenvalue weighted by Gasteiger charge is 2.29. The maximum atomic E-state index is 5.87. The normalized spacial score (nSPS) is 19.0. The summed E-state index contributed by atoms with van der Waals surface area (Å²) in [4.78, 5) is 6.96. The van der Waals surface area contributed by atoms with Gasteiger partial charge in [0.1, 0.15) is 18.1 Å². The van der Waals surface area contributed by atoms with Gasteiger partial charge in [0.25, 0.3) is 0 Å². The Morgan fingerprint density at radius 2 is 1.92 bits per heavy atom. The molecule has 1 aliphatic rings. The number of ether oxygens (including phenoxy) is 1. The van der Waals surface area contributed by atoms with Crippen LogP contribution in [-0.2, 0) is 0 Å². The second kappa shape index (κ2) is 7.01. The lowest BCUT2D eigenvalue weighted by Gasteiger charge is -2.11. The summed E-state index contributed by atoms with van der Waals surface area (Å²) in [5, 5.41) is 2.39. The van der Waals surface area contributed by atoms with Crippen LogP contribution in [0.15, 0.2) is 70.3 Å². The van der Waals surface area contributed by atoms with Crippen LogP contribution in [-0.4, -0.2) is 37.5 Å². The molecule has 0 aliphatic carbocycles. The standard InChI is InChI=1S/C21H22N2O2/c1-23-14-17(21-19-10-6-5-7-16(19)15-25-21)13-20(23)22-11-12-24-18-8-3-2-4-9-18/h2-10,15,17H,11-14H2,1H3. The highest BCUT2D eigenvalue weighted by molar-refractivity contribution is 5.88. The van der Waals surface area contributed by atoms with Crippen LogP contribution in [0.3, 0.4) is 0 Å². The van der Waals surface area contributed by atoms with Crippen LogP contribution in [0.25, 0.3) is 10.8 Å². The van der Waals surface area contributed by atoms with Crippen molar-refractivity contribution in [3.05, 3.63) is 66.6 Å². The van der Waals surface area contributed by atoms with Gasteiger partial charge in [-0.25, -0.2) is 0 Å². The van der Waals surface area contributed by atoms with Gasteiger partial charge in [-0.05, 0) is 12.1 Å². The molecule has 4 rings (SSSR count). The fourth-order valence-corrected chi connectivity index (χ4v) is 3.42. The molecule has 1 fully saturated rings. The number of furan rings is 1. The number of aliphatic imine (C=N–C) groups is 1. The zero-order valence-corrected chi connectivity index (χ0v) is 14.4. The van der Waals surface area contributed by atoms with Crippen molar-refractivity contribution < 1.29 is 9.15 Å². The molecule has 0 spiro atoms. The van der Waals surface area contributed by atoms with E-state index in [1.54, 1.807) is 0 Å². The Bertz CT molecular complexity index is 870. The third kappa shape index (κ3) is 3.38. The van der Waals surface area contributed by atoms with Crippen molar-refractivity contribution in [3.8, 4) is 5.75 Å². The molecule has 1 aliphatic heterocycles. The number of benzene rings is 2. The van der Waals surface area contributed by atoms with Gasteiger partial charge in [0.2, 0.25) is 0 Å². The Balaban J connectivity index is 1.39. The Morgan fingerprint density at radius 1 is 1.12 bits per heavy atom. The van der Waals surface area contributed by atoms with E-state index in [0.29, 0.717) is 19.1 Å². The number of likely N-dealkylation sites (N-methyl/N-ethyl adjacent to an activating group) is 1. The monoisotopic (exact) mass is 334 g/mol. The Labute approximate surface area is 147 Å². The molecular formula is C21H22N2O2. The molecule has 3 aromatic rings. The van der Waals surface area contributed by atoms with E-state index in [1.165, 1.54) is 10.8 Å². The average molecular weight is 334 g/mol. The Hall–Kier alpha value is -2.75. The first-order valence-corrected chi connectivity index (χ1v) is 8.69. The molecule has 1 saturated heterocycles. The molecule has 0 N–H and O–H groups in total. The van der Waals surface area contributed by atoms with E-state index in [2.05, 4.69) is 30.1 Å². The summed E-state index contributed by atoms with van der Waals surface area (Å²) < 4.78 is 11.6. The van der Waals surface area contributed by atoms with Crippen LogP contribution in [0.5, 0.6) is 5.75 Å². The van der Waals surface area contributed by atoms with E-state index in [0.717, 1.165) is 30.3 Å². The molecule has 128 valence electrons. The number of fused-ring (bicyclic) bond motifs is 1. The zero-order valence-electron chi connectivity index (χ0n) is 14.4. The summed E-state index contributed by atoms with van der Waals surface area (Å²) in [6.07, 6.45) is 2.77. The molecule has 0 saturated carbocycles. The highest BCUT2D eigenvalue weighted by Crippen LogP contribution is 2.34. The number of hydrogen-bond donors (Lipinski definition) is 0. The van der Waals surface area contributed by atoms with Gasteiger partial charge in [0.15, 0.2) is 0 Å². The third-order valence-electron chi connectivity index (χ3n) is 4.67. The minimum atomic E-state index is 0.360. The number of likely N-dealkylation sites (tertiary alicyclic amines) is 1. The molecular weight excluding hydrogens is 312 g/mol. The van der Waals surface area contributed by atoms with E-state index < -0.39 is 0 Å². The van der Waals surface area contributed by atoms with Crippen LogP contribution in [0.4, 0.5) is 0 Å². The van der Waals surface area contributed by atoms with E-state index in [1.807, 2.05) is 42.7 Å². The van der Waals surface area contributed by atoms with Crippen molar-refractivity contribution in [2.75, 3.05) is 26.7 Å². The van der Waals surface area contributed by atoms with Crippen molar-refractivity contribution in [1.82, 2.24) is 4.90 Å². The van der Waals surface area contributed by atoms with E-state index >= 15 is 0 Å². The molecule has 1 aromatic heterocycles. The van der Waals surface area contributed by atoms with Gasteiger partial charge in [-0.1, -0.05) is 42.5 Å². The second-order valence-electron chi connectivity index (χ2n) is 6.43. The van der Waals surface area contributed by atoms with Crippen LogP contribution in [0, 0.1) is 0 Å². The maximum absolute atomic E-state index is 5.87. The summed E-state index contributed by atoms with van der Waals surface area (Å²) in [7, 11) is 2.10. The molecule has 25 heavy (non-hydrogen) atoms. The van der Waals surface area contributed by atoms with Gasteiger partial charge in [-0.2, -0.15) is 0 Å². The van der Waals surface area contributed by atoms with Crippen LogP contribution < -0.4 is 4.74 Å². The summed E-state index contributed by atoms with van der Waals surface area (Å²) in [6.45, 7) is 2.20. The molecule has 4 nitrogen and oxygen atoms in total. The zero-order chi connectivity index (χ0) is 17.1. The number of amidine groups is 1. The minimum Gasteiger partial charge on any atom is -0.492 e. The molecule has 1 unspecified atom stereocenters. The summed E-state index contributed by atoms with van der Waals surface area (Å²) in [5.41, 5.74) is 0. The summed E-state index contributed by atoms with van der Waals surface area (Å²) in [6, 6.07) is 18.2. The molecule has 2 heterocycles. The van der Waals surface area contributed by atoms with E-state index in [9.17, 15) is 0 Å². The van der Waals surface area contributed by atoms with Gasteiger partial charge in [0, 0.05) is 36.7 Å². The van der Waals surface area contributed by atoms with Crippen LogP contribution in [0.1, 0.15) is 18.1 Å². The molecule has 0 bridgehead atoms. The van der Waals surface area contributed by atoms with Gasteiger partial charge in [0.05, 0.1) is 18.6 Å². The van der Waals surface area contributed by atoms with Gasteiger partial charge < -0.3 is 14.1 Å². The fraction of sp³-hybridized carbons (Fsp3) is 0.286. The lowest BCUT2D eigenvalue weighted by atomic mass is 10.0. The largest absolute Gasteiger partial charge is 0.492 e. The summed E-state index contributed by atoms with van der Waals surface area (Å²) >= 11 is 0. The first-order valence-electron chi connectivity index (χ1n) is 8.69. The Morgan fingerprint density at radius 3 is 2.80 bits per heavy atom. The van der Waals surface area contributed by atoms with Gasteiger partial charge in [-0.15, -0.1) is 0 Å². The van der Waals surface area contributed by atoms with Crippen molar-refractivity contribution in [1.29, 1.82) is 0 Å². The predicted octanol–water partition coefficient (Wildman–Crippen LogP) is 4.33. The van der Waals surface area contributed by atoms with E-state index in [4.69, 9.17) is 14.1 Å². The number of rotatable bonds is 5. The van der Waals surface area contributed by atoms with Crippen molar-refractivity contribution in [3.63, 3.8) is 0 Å². The highest BCUT2D eigenvalue weighted by atomic mass is 16.5. The van der Waals surface area contributed by atoms with Crippen LogP contribution >= 0.6 is 0 Å². The third-order valence-corrected chi connectivity index (χ3v) is 4.67. The first-order chi connectivity index (χ1) is 12.3. The maximum Gasteiger partial charge on any atom is 0.119 e. The van der Waals surface area contributed by atoms with E-state index in [-0.39, 0.29) is 0 Å². The smallest absolute Gasteiger partial charge is 0.119 e. The lowest BCUT2D eigenvalue weighted by Crippen LogP contribution is -2.20. The summed E-state index contributed by atoms with van der Waals surface area (Å²) in [5.74, 6) is 3.46. The predicted molar refractivity (Wildman–Crippen MR) is 100 cm³/mol. The first kappa shape index (κ1) is 15.8. The molecule has 0 amide bonds. The molecule has 0 radical (unpaired) electrons. The van der Waals surface area contributed by atoms with Gasteiger partial charge in [-0.3, -0.25) is 4.99 Å². The average Bonchev–Trinajstić information content (AvgIpc) is 3.23. The van der Waals surface area contributed by atoms with Gasteiger partial charge >= 0.3 is 0 Å². The molecule has 2 aromatic carbocycles. The van der Waals surface area contributed by atoms with Crippen molar-refractivity contribution in [2.24, 2.45) is 4.99 Å². The minimum absolute atomic E-state index is 0.360. The van der Waals surface area contributed by atoms with Crippen molar-refractivity contribution >= 4 is 16.6 Å². The number of hydrogen-bond acceptors (Lipinski definition) is 3. The number of para-hydroxylation sites is 1. The SMILES string of the molecule is CN1CC(c2occ3ccccc23)CC1=NCCOc1ccccc1. The fourth-order valence-electron chi connectivity index (χ4n) is 3.42.